The lowest BCUT2D eigenvalue weighted by atomic mass is 10.0. The summed E-state index contributed by atoms with van der Waals surface area (Å²) in [6, 6.07) is 0. The van der Waals surface area contributed by atoms with Crippen molar-refractivity contribution >= 4 is 5.97 Å². The van der Waals surface area contributed by atoms with Crippen molar-refractivity contribution in [2.75, 3.05) is 20.3 Å². The van der Waals surface area contributed by atoms with Crippen LogP contribution in [0.25, 0.3) is 0 Å². The van der Waals surface area contributed by atoms with Crippen molar-refractivity contribution < 1.29 is 19.0 Å². The van der Waals surface area contributed by atoms with Crippen LogP contribution in [0.1, 0.15) is 19.8 Å². The molecule has 0 amide bonds. The van der Waals surface area contributed by atoms with Crippen LogP contribution in [-0.4, -0.2) is 38.0 Å². The molecule has 0 spiro atoms. The summed E-state index contributed by atoms with van der Waals surface area (Å²) >= 11 is 0. The van der Waals surface area contributed by atoms with E-state index >= 15 is 0 Å². The summed E-state index contributed by atoms with van der Waals surface area (Å²) in [6.07, 6.45) is 1.90. The Hall–Kier alpha value is -0.610. The second-order valence-corrected chi connectivity index (χ2v) is 3.91. The highest BCUT2D eigenvalue weighted by atomic mass is 16.7. The predicted octanol–water partition coefficient (Wildman–Crippen LogP) is 0.743. The topological polar surface area (TPSA) is 48.1 Å². The first-order valence-electron chi connectivity index (χ1n) is 5.08. The molecule has 1 aliphatic heterocycles. The molecule has 14 heavy (non-hydrogen) atoms. The van der Waals surface area contributed by atoms with Crippen molar-refractivity contribution in [2.24, 2.45) is 5.92 Å². The van der Waals surface area contributed by atoms with Gasteiger partial charge in [0.2, 0.25) is 0 Å². The Morgan fingerprint density at radius 2 is 2.29 bits per heavy atom. The number of rotatable bonds is 5. The zero-order valence-corrected chi connectivity index (χ0v) is 8.62. The molecule has 2 rings (SSSR count). The number of hydrogen-bond acceptors (Lipinski definition) is 4. The van der Waals surface area contributed by atoms with Crippen LogP contribution in [0.2, 0.25) is 0 Å². The summed E-state index contributed by atoms with van der Waals surface area (Å²) in [7, 11) is 1.63. The van der Waals surface area contributed by atoms with Crippen molar-refractivity contribution in [3.8, 4) is 0 Å². The minimum absolute atomic E-state index is 0.239. The van der Waals surface area contributed by atoms with Crippen LogP contribution in [0.4, 0.5) is 0 Å². The molecular formula is C10H16O4. The van der Waals surface area contributed by atoms with Crippen LogP contribution in [0.5, 0.6) is 0 Å². The van der Waals surface area contributed by atoms with E-state index in [1.54, 1.807) is 14.0 Å². The van der Waals surface area contributed by atoms with Gasteiger partial charge in [-0.15, -0.1) is 0 Å². The van der Waals surface area contributed by atoms with Crippen LogP contribution >= 0.6 is 0 Å². The lowest BCUT2D eigenvalue weighted by molar-refractivity contribution is -0.144. The summed E-state index contributed by atoms with van der Waals surface area (Å²) in [5, 5.41) is 0. The van der Waals surface area contributed by atoms with Gasteiger partial charge in [0.25, 0.3) is 0 Å². The van der Waals surface area contributed by atoms with Crippen molar-refractivity contribution in [1.82, 2.24) is 0 Å². The second kappa shape index (κ2) is 3.51. The standard InChI is InChI=1S/C10H16O4/c1-3-13-9(11)8-10(14-8,6-12-2)7-4-5-7/h7-8H,3-6H2,1-2H3. The average molecular weight is 200 g/mol. The molecule has 0 N–H and O–H groups in total. The largest absolute Gasteiger partial charge is 0.464 e. The maximum Gasteiger partial charge on any atom is 0.338 e. The van der Waals surface area contributed by atoms with E-state index in [1.165, 1.54) is 0 Å². The molecule has 2 unspecified atom stereocenters. The highest BCUT2D eigenvalue weighted by Gasteiger charge is 2.68. The van der Waals surface area contributed by atoms with Crippen molar-refractivity contribution in [2.45, 2.75) is 31.5 Å². The van der Waals surface area contributed by atoms with E-state index in [4.69, 9.17) is 14.2 Å². The molecule has 0 aromatic heterocycles. The number of esters is 1. The zero-order chi connectivity index (χ0) is 10.2. The molecule has 4 heteroatoms. The van der Waals surface area contributed by atoms with Crippen LogP contribution in [-0.2, 0) is 19.0 Å². The Morgan fingerprint density at radius 1 is 1.57 bits per heavy atom. The van der Waals surface area contributed by atoms with Gasteiger partial charge in [0.15, 0.2) is 6.10 Å². The molecule has 1 heterocycles. The first-order valence-corrected chi connectivity index (χ1v) is 5.08. The minimum atomic E-state index is -0.380. The van der Waals surface area contributed by atoms with Crippen molar-refractivity contribution in [3.05, 3.63) is 0 Å². The van der Waals surface area contributed by atoms with E-state index in [2.05, 4.69) is 0 Å². The molecule has 4 nitrogen and oxygen atoms in total. The van der Waals surface area contributed by atoms with Crippen LogP contribution in [0.3, 0.4) is 0 Å². The Balaban J connectivity index is 1.93. The molecule has 0 aromatic rings. The third-order valence-corrected chi connectivity index (χ3v) is 2.86. The van der Waals surface area contributed by atoms with Gasteiger partial charge in [-0.05, 0) is 25.7 Å². The van der Waals surface area contributed by atoms with Gasteiger partial charge < -0.3 is 14.2 Å². The van der Waals surface area contributed by atoms with Crippen LogP contribution in [0.15, 0.2) is 0 Å². The molecule has 2 atom stereocenters. The number of carbonyl (C=O) groups is 1. The lowest BCUT2D eigenvalue weighted by Crippen LogP contribution is -2.29. The van der Waals surface area contributed by atoms with Gasteiger partial charge in [0, 0.05) is 7.11 Å². The fraction of sp³-hybridized carbons (Fsp3) is 0.900. The van der Waals surface area contributed by atoms with Gasteiger partial charge in [-0.3, -0.25) is 0 Å². The highest BCUT2D eigenvalue weighted by Crippen LogP contribution is 2.54. The van der Waals surface area contributed by atoms with Gasteiger partial charge in [-0.25, -0.2) is 4.79 Å². The molecule has 0 aromatic carbocycles. The number of hydrogen-bond donors (Lipinski definition) is 0. The Morgan fingerprint density at radius 3 is 2.79 bits per heavy atom. The molecular weight excluding hydrogens is 184 g/mol. The Labute approximate surface area is 83.5 Å². The molecule has 2 fully saturated rings. The quantitative estimate of drug-likeness (QED) is 0.485. The van der Waals surface area contributed by atoms with E-state index in [9.17, 15) is 4.79 Å². The second-order valence-electron chi connectivity index (χ2n) is 3.91. The SMILES string of the molecule is CCOC(=O)C1OC1(COC)C1CC1. The third kappa shape index (κ3) is 1.53. The fourth-order valence-corrected chi connectivity index (χ4v) is 1.99. The normalized spacial score (nSPS) is 35.4. The molecule has 1 aliphatic carbocycles. The van der Waals surface area contributed by atoms with Crippen molar-refractivity contribution in [3.63, 3.8) is 0 Å². The van der Waals surface area contributed by atoms with E-state index in [1.807, 2.05) is 0 Å². The first kappa shape index (κ1) is 9.93. The molecule has 2 aliphatic rings. The monoisotopic (exact) mass is 200 g/mol. The Kier molecular flexibility index (Phi) is 2.49. The van der Waals surface area contributed by atoms with Crippen molar-refractivity contribution in [1.29, 1.82) is 0 Å². The average Bonchev–Trinajstić information content (AvgIpc) is 3.00. The summed E-state index contributed by atoms with van der Waals surface area (Å²) in [6.45, 7) is 2.71. The molecule has 1 saturated carbocycles. The van der Waals surface area contributed by atoms with E-state index in [0.717, 1.165) is 12.8 Å². The van der Waals surface area contributed by atoms with Gasteiger partial charge >= 0.3 is 5.97 Å². The molecule has 0 radical (unpaired) electrons. The summed E-state index contributed by atoms with van der Waals surface area (Å²) in [5.41, 5.74) is -0.346. The number of epoxide rings is 1. The van der Waals surface area contributed by atoms with Crippen LogP contribution < -0.4 is 0 Å². The molecule has 1 saturated heterocycles. The lowest BCUT2D eigenvalue weighted by Gasteiger charge is -2.09. The van der Waals surface area contributed by atoms with Gasteiger partial charge in [-0.2, -0.15) is 0 Å². The smallest absolute Gasteiger partial charge is 0.338 e. The number of methoxy groups -OCH3 is 1. The van der Waals surface area contributed by atoms with Gasteiger partial charge in [0.05, 0.1) is 13.2 Å². The third-order valence-electron chi connectivity index (χ3n) is 2.86. The van der Waals surface area contributed by atoms with Gasteiger partial charge in [-0.1, -0.05) is 0 Å². The predicted molar refractivity (Wildman–Crippen MR) is 48.8 cm³/mol. The van der Waals surface area contributed by atoms with Crippen LogP contribution in [0, 0.1) is 5.92 Å². The van der Waals surface area contributed by atoms with E-state index in [0.29, 0.717) is 19.1 Å². The number of ether oxygens (including phenoxy) is 3. The summed E-state index contributed by atoms with van der Waals surface area (Å²) in [5.74, 6) is 0.258. The summed E-state index contributed by atoms with van der Waals surface area (Å²) in [4.78, 5) is 11.4. The Bertz CT molecular complexity index is 236. The van der Waals surface area contributed by atoms with E-state index in [-0.39, 0.29) is 17.7 Å². The molecule has 80 valence electrons. The maximum atomic E-state index is 11.4. The maximum absolute atomic E-state index is 11.4. The van der Waals surface area contributed by atoms with Gasteiger partial charge in [0.1, 0.15) is 5.60 Å². The summed E-state index contributed by atoms with van der Waals surface area (Å²) < 4.78 is 15.5. The van der Waals surface area contributed by atoms with E-state index < -0.39 is 0 Å². The number of carbonyl (C=O) groups excluding carboxylic acids is 1. The fourth-order valence-electron chi connectivity index (χ4n) is 1.99. The zero-order valence-electron chi connectivity index (χ0n) is 8.62. The highest BCUT2D eigenvalue weighted by molar-refractivity contribution is 5.79. The molecule has 0 bridgehead atoms. The first-order chi connectivity index (χ1) is 6.74. The minimum Gasteiger partial charge on any atom is -0.464 e.